The molecule has 0 radical (unpaired) electrons. The Balaban J connectivity index is 2.31. The minimum Gasteiger partial charge on any atom is -0.391 e. The third-order valence-corrected chi connectivity index (χ3v) is 6.63. The van der Waals surface area contributed by atoms with Crippen molar-refractivity contribution >= 4 is 32.7 Å². The molecule has 0 bridgehead atoms. The largest absolute Gasteiger partial charge is 0.391 e. The van der Waals surface area contributed by atoms with Crippen molar-refractivity contribution in [1.82, 2.24) is 4.31 Å². The predicted molar refractivity (Wildman–Crippen MR) is 77.8 cm³/mol. The summed E-state index contributed by atoms with van der Waals surface area (Å²) in [7, 11) is -3.54. The van der Waals surface area contributed by atoms with E-state index in [4.69, 9.17) is 0 Å². The molecular weight excluding hydrogens is 302 g/mol. The van der Waals surface area contributed by atoms with Gasteiger partial charge < -0.3 is 5.11 Å². The van der Waals surface area contributed by atoms with Gasteiger partial charge in [0.25, 0.3) is 0 Å². The van der Waals surface area contributed by atoms with Crippen molar-refractivity contribution in [1.29, 1.82) is 0 Å². The second kappa shape index (κ2) is 6.15. The fraction of sp³-hybridized carbons (Fsp3) is 0.333. The molecule has 0 unspecified atom stereocenters. The number of rotatable bonds is 6. The molecule has 2 aromatic rings. The Kier molecular flexibility index (Phi) is 4.75. The molecule has 0 saturated carbocycles. The second-order valence-electron chi connectivity index (χ2n) is 3.88. The SMILES string of the molecule is CCN(Cc1cccs1)S(=O)(=O)c1ccsc1CO. The van der Waals surface area contributed by atoms with Gasteiger partial charge in [0.15, 0.2) is 0 Å². The van der Waals surface area contributed by atoms with E-state index >= 15 is 0 Å². The number of thiophene rings is 2. The van der Waals surface area contributed by atoms with Crippen LogP contribution in [0.2, 0.25) is 0 Å². The summed E-state index contributed by atoms with van der Waals surface area (Å²) >= 11 is 2.80. The second-order valence-corrected chi connectivity index (χ2v) is 7.82. The minimum atomic E-state index is -3.54. The molecule has 0 saturated heterocycles. The molecule has 0 aliphatic heterocycles. The quantitative estimate of drug-likeness (QED) is 0.890. The van der Waals surface area contributed by atoms with Crippen LogP contribution in [0.1, 0.15) is 16.7 Å². The summed E-state index contributed by atoms with van der Waals surface area (Å²) in [5.41, 5.74) is 0. The predicted octanol–water partition coefficient (Wildman–Crippen LogP) is 2.51. The van der Waals surface area contributed by atoms with E-state index in [1.807, 2.05) is 24.4 Å². The Morgan fingerprint density at radius 3 is 2.63 bits per heavy atom. The van der Waals surface area contributed by atoms with Crippen LogP contribution in [0.15, 0.2) is 33.9 Å². The first-order valence-electron chi connectivity index (χ1n) is 5.79. The lowest BCUT2D eigenvalue weighted by Crippen LogP contribution is -2.30. The van der Waals surface area contributed by atoms with Crippen LogP contribution in [-0.4, -0.2) is 24.4 Å². The van der Waals surface area contributed by atoms with Crippen LogP contribution in [0.5, 0.6) is 0 Å². The van der Waals surface area contributed by atoms with E-state index in [9.17, 15) is 13.5 Å². The highest BCUT2D eigenvalue weighted by molar-refractivity contribution is 7.89. The maximum absolute atomic E-state index is 12.6. The van der Waals surface area contributed by atoms with Gasteiger partial charge in [-0.3, -0.25) is 0 Å². The number of hydrogen-bond donors (Lipinski definition) is 1. The highest BCUT2D eigenvalue weighted by Crippen LogP contribution is 2.26. The van der Waals surface area contributed by atoms with Crippen molar-refractivity contribution in [2.45, 2.75) is 25.0 Å². The maximum atomic E-state index is 12.6. The summed E-state index contributed by atoms with van der Waals surface area (Å²) in [5, 5.41) is 12.8. The van der Waals surface area contributed by atoms with Crippen molar-refractivity contribution in [2.75, 3.05) is 6.54 Å². The van der Waals surface area contributed by atoms with Crippen molar-refractivity contribution in [2.24, 2.45) is 0 Å². The third kappa shape index (κ3) is 3.06. The molecule has 0 amide bonds. The molecule has 0 aliphatic carbocycles. The topological polar surface area (TPSA) is 57.6 Å². The summed E-state index contributed by atoms with van der Waals surface area (Å²) in [6, 6.07) is 5.39. The first kappa shape index (κ1) is 14.7. The lowest BCUT2D eigenvalue weighted by atomic mass is 10.4. The molecule has 2 rings (SSSR count). The monoisotopic (exact) mass is 317 g/mol. The first-order valence-corrected chi connectivity index (χ1v) is 8.99. The van der Waals surface area contributed by atoms with Crippen molar-refractivity contribution < 1.29 is 13.5 Å². The van der Waals surface area contributed by atoms with Gasteiger partial charge in [0, 0.05) is 22.8 Å². The van der Waals surface area contributed by atoms with Gasteiger partial charge in [0.05, 0.1) is 11.5 Å². The van der Waals surface area contributed by atoms with E-state index in [1.165, 1.54) is 27.0 Å². The molecule has 0 spiro atoms. The third-order valence-electron chi connectivity index (χ3n) is 2.73. The number of nitrogens with zero attached hydrogens (tertiary/aromatic N) is 1. The van der Waals surface area contributed by atoms with E-state index in [2.05, 4.69) is 0 Å². The Morgan fingerprint density at radius 2 is 2.05 bits per heavy atom. The average molecular weight is 317 g/mol. The van der Waals surface area contributed by atoms with E-state index < -0.39 is 10.0 Å². The van der Waals surface area contributed by atoms with Crippen LogP contribution in [0, 0.1) is 0 Å². The molecular formula is C12H15NO3S3. The summed E-state index contributed by atoms with van der Waals surface area (Å²) in [5.74, 6) is 0. The summed E-state index contributed by atoms with van der Waals surface area (Å²) < 4.78 is 26.5. The van der Waals surface area contributed by atoms with E-state index in [1.54, 1.807) is 11.4 Å². The number of sulfonamides is 1. The van der Waals surface area contributed by atoms with Crippen molar-refractivity contribution in [3.05, 3.63) is 38.7 Å². The van der Waals surface area contributed by atoms with Gasteiger partial charge in [-0.2, -0.15) is 4.31 Å². The minimum absolute atomic E-state index is 0.221. The molecule has 0 fully saturated rings. The summed E-state index contributed by atoms with van der Waals surface area (Å²) in [6.07, 6.45) is 0. The Morgan fingerprint density at radius 1 is 1.26 bits per heavy atom. The Hall–Kier alpha value is -0.730. The summed E-state index contributed by atoms with van der Waals surface area (Å²) in [4.78, 5) is 1.72. The molecule has 19 heavy (non-hydrogen) atoms. The fourth-order valence-corrected chi connectivity index (χ4v) is 5.25. The molecule has 2 aromatic heterocycles. The van der Waals surface area contributed by atoms with Gasteiger partial charge in [-0.25, -0.2) is 8.42 Å². The van der Waals surface area contributed by atoms with Crippen molar-refractivity contribution in [3.63, 3.8) is 0 Å². The van der Waals surface area contributed by atoms with Gasteiger partial charge >= 0.3 is 0 Å². The van der Waals surface area contributed by atoms with Crippen LogP contribution >= 0.6 is 22.7 Å². The first-order chi connectivity index (χ1) is 9.09. The maximum Gasteiger partial charge on any atom is 0.244 e. The zero-order valence-electron chi connectivity index (χ0n) is 10.4. The average Bonchev–Trinajstić information content (AvgIpc) is 3.06. The van der Waals surface area contributed by atoms with Gasteiger partial charge in [0.1, 0.15) is 0 Å². The number of aliphatic hydroxyl groups is 1. The van der Waals surface area contributed by atoms with Gasteiger partial charge in [0.2, 0.25) is 10.0 Å². The van der Waals surface area contributed by atoms with E-state index in [-0.39, 0.29) is 11.5 Å². The van der Waals surface area contributed by atoms with Gasteiger partial charge in [-0.1, -0.05) is 13.0 Å². The van der Waals surface area contributed by atoms with E-state index in [0.717, 1.165) is 4.88 Å². The van der Waals surface area contributed by atoms with Crippen molar-refractivity contribution in [3.8, 4) is 0 Å². The van der Waals surface area contributed by atoms with Crippen LogP contribution < -0.4 is 0 Å². The normalized spacial score (nSPS) is 12.2. The molecule has 1 N–H and O–H groups in total. The zero-order valence-corrected chi connectivity index (χ0v) is 12.9. The molecule has 104 valence electrons. The lowest BCUT2D eigenvalue weighted by molar-refractivity contribution is 0.282. The molecule has 4 nitrogen and oxygen atoms in total. The van der Waals surface area contributed by atoms with Gasteiger partial charge in [-0.05, 0) is 22.9 Å². The zero-order chi connectivity index (χ0) is 13.9. The molecule has 0 atom stereocenters. The number of aliphatic hydroxyl groups excluding tert-OH is 1. The molecule has 0 aliphatic rings. The van der Waals surface area contributed by atoms with E-state index in [0.29, 0.717) is 18.0 Å². The Labute approximate surface area is 121 Å². The summed E-state index contributed by atoms with van der Waals surface area (Å²) in [6.45, 7) is 2.34. The van der Waals surface area contributed by atoms with Gasteiger partial charge in [-0.15, -0.1) is 22.7 Å². The smallest absolute Gasteiger partial charge is 0.244 e. The number of hydrogen-bond acceptors (Lipinski definition) is 5. The highest BCUT2D eigenvalue weighted by Gasteiger charge is 2.26. The standard InChI is InChI=1S/C12H15NO3S3/c1-2-13(8-10-4-3-6-17-10)19(15,16)12-5-7-18-11(12)9-14/h3-7,14H,2,8-9H2,1H3. The van der Waals surface area contributed by atoms with Crippen LogP contribution in [0.25, 0.3) is 0 Å². The fourth-order valence-electron chi connectivity index (χ4n) is 1.76. The molecule has 0 aromatic carbocycles. The van der Waals surface area contributed by atoms with Crippen LogP contribution in [0.4, 0.5) is 0 Å². The highest BCUT2D eigenvalue weighted by atomic mass is 32.2. The lowest BCUT2D eigenvalue weighted by Gasteiger charge is -2.19. The molecule has 7 heteroatoms. The molecule has 2 heterocycles. The van der Waals surface area contributed by atoms with Crippen LogP contribution in [0.3, 0.4) is 0 Å². The Bertz CT molecular complexity index is 616. The van der Waals surface area contributed by atoms with Crippen LogP contribution in [-0.2, 0) is 23.2 Å².